The summed E-state index contributed by atoms with van der Waals surface area (Å²) in [6.07, 6.45) is -0.788. The van der Waals surface area contributed by atoms with Crippen molar-refractivity contribution in [3.63, 3.8) is 0 Å². The van der Waals surface area contributed by atoms with Crippen molar-refractivity contribution in [2.45, 2.75) is 77.5 Å². The molecule has 0 aliphatic carbocycles. The van der Waals surface area contributed by atoms with Gasteiger partial charge >= 0.3 is 0 Å². The topological polar surface area (TPSA) is 69.9 Å². The average molecular weight is 260 g/mol. The van der Waals surface area contributed by atoms with Crippen molar-refractivity contribution in [3.8, 4) is 0 Å². The second-order valence-corrected chi connectivity index (χ2v) is 6.45. The number of aliphatic hydroxyl groups excluding tert-OH is 1. The Morgan fingerprint density at radius 1 is 1.39 bits per heavy atom. The molecule has 3 N–H and O–H groups in total. The van der Waals surface area contributed by atoms with Gasteiger partial charge in [0.05, 0.1) is 23.4 Å². The molecule has 1 aliphatic heterocycles. The van der Waals surface area contributed by atoms with Crippen LogP contribution >= 0.6 is 0 Å². The molecule has 0 radical (unpaired) electrons. The van der Waals surface area contributed by atoms with Gasteiger partial charge in [0.15, 0.2) is 0 Å². The molecule has 6 atom stereocenters. The Bertz CT molecular complexity index is 282. The fourth-order valence-electron chi connectivity index (χ4n) is 2.64. The zero-order valence-corrected chi connectivity index (χ0v) is 12.3. The minimum absolute atomic E-state index is 0.0313. The minimum atomic E-state index is -1.07. The van der Waals surface area contributed by atoms with E-state index in [1.165, 1.54) is 0 Å². The summed E-state index contributed by atoms with van der Waals surface area (Å²) in [5.74, 6) is -0.409. The van der Waals surface area contributed by atoms with Crippen LogP contribution in [0.3, 0.4) is 0 Å². The summed E-state index contributed by atoms with van der Waals surface area (Å²) >= 11 is 0. The van der Waals surface area contributed by atoms with Crippen LogP contribution in [0.5, 0.6) is 0 Å². The first-order valence-corrected chi connectivity index (χ1v) is 6.81. The van der Waals surface area contributed by atoms with Gasteiger partial charge < -0.3 is 20.1 Å². The summed E-state index contributed by atoms with van der Waals surface area (Å²) in [7, 11) is 0. The Labute approximate surface area is 110 Å². The van der Waals surface area contributed by atoms with E-state index in [2.05, 4.69) is 0 Å². The zero-order valence-electron chi connectivity index (χ0n) is 12.3. The van der Waals surface area contributed by atoms with Crippen LogP contribution < -0.4 is 0 Å². The van der Waals surface area contributed by atoms with Crippen LogP contribution in [-0.4, -0.2) is 44.8 Å². The molecule has 4 heteroatoms. The average Bonchev–Trinajstić information content (AvgIpc) is 2.48. The van der Waals surface area contributed by atoms with E-state index in [0.29, 0.717) is 0 Å². The maximum Gasteiger partial charge on any atom is 0.113 e. The summed E-state index contributed by atoms with van der Waals surface area (Å²) in [5, 5.41) is 30.9. The third-order valence-corrected chi connectivity index (χ3v) is 4.72. The van der Waals surface area contributed by atoms with Crippen molar-refractivity contribution in [2.75, 3.05) is 0 Å². The van der Waals surface area contributed by atoms with E-state index in [-0.39, 0.29) is 17.9 Å². The highest BCUT2D eigenvalue weighted by molar-refractivity contribution is 5.03. The van der Waals surface area contributed by atoms with E-state index in [9.17, 15) is 15.3 Å². The van der Waals surface area contributed by atoms with Crippen molar-refractivity contribution in [3.05, 3.63) is 0 Å². The molecule has 4 nitrogen and oxygen atoms in total. The molecule has 0 amide bonds. The summed E-state index contributed by atoms with van der Waals surface area (Å²) in [4.78, 5) is 0. The van der Waals surface area contributed by atoms with Gasteiger partial charge in [-0.25, -0.2) is 0 Å². The Kier molecular flexibility index (Phi) is 4.49. The molecule has 0 aromatic heterocycles. The Hall–Kier alpha value is -0.160. The van der Waals surface area contributed by atoms with Gasteiger partial charge in [-0.1, -0.05) is 20.8 Å². The second kappa shape index (κ2) is 5.08. The van der Waals surface area contributed by atoms with Crippen LogP contribution in [0.25, 0.3) is 0 Å². The number of hydrogen-bond acceptors (Lipinski definition) is 4. The molecule has 18 heavy (non-hydrogen) atoms. The second-order valence-electron chi connectivity index (χ2n) is 6.45. The third-order valence-electron chi connectivity index (χ3n) is 4.72. The van der Waals surface area contributed by atoms with Crippen LogP contribution in [0.15, 0.2) is 0 Å². The van der Waals surface area contributed by atoms with Gasteiger partial charge in [0.25, 0.3) is 0 Å². The number of hydrogen-bond donors (Lipinski definition) is 3. The first-order valence-electron chi connectivity index (χ1n) is 6.81. The minimum Gasteiger partial charge on any atom is -0.390 e. The Morgan fingerprint density at radius 3 is 2.22 bits per heavy atom. The van der Waals surface area contributed by atoms with Crippen molar-refractivity contribution in [2.24, 2.45) is 11.8 Å². The molecule has 1 saturated heterocycles. The third kappa shape index (κ3) is 2.72. The highest BCUT2D eigenvalue weighted by Gasteiger charge is 2.54. The molecular formula is C14H28O4. The fourth-order valence-corrected chi connectivity index (χ4v) is 2.64. The summed E-state index contributed by atoms with van der Waals surface area (Å²) in [6, 6.07) is 0. The normalized spacial score (nSPS) is 40.8. The van der Waals surface area contributed by atoms with Crippen molar-refractivity contribution >= 4 is 0 Å². The van der Waals surface area contributed by atoms with E-state index >= 15 is 0 Å². The highest BCUT2D eigenvalue weighted by atomic mass is 16.5. The molecule has 1 aliphatic rings. The van der Waals surface area contributed by atoms with E-state index in [0.717, 1.165) is 6.42 Å². The molecule has 0 bridgehead atoms. The lowest BCUT2D eigenvalue weighted by Gasteiger charge is -2.37. The van der Waals surface area contributed by atoms with Crippen molar-refractivity contribution in [1.82, 2.24) is 0 Å². The van der Waals surface area contributed by atoms with E-state index < -0.39 is 23.4 Å². The monoisotopic (exact) mass is 260 g/mol. The quantitative estimate of drug-likeness (QED) is 0.713. The fraction of sp³-hybridized carbons (Fsp3) is 1.00. The molecule has 1 fully saturated rings. The summed E-state index contributed by atoms with van der Waals surface area (Å²) in [5.41, 5.74) is -2.08. The van der Waals surface area contributed by atoms with Crippen molar-refractivity contribution in [1.29, 1.82) is 0 Å². The molecule has 0 saturated carbocycles. The molecule has 6 unspecified atom stereocenters. The molecule has 0 spiro atoms. The highest BCUT2D eigenvalue weighted by Crippen LogP contribution is 2.41. The molecule has 0 aromatic rings. The van der Waals surface area contributed by atoms with Gasteiger partial charge in [0, 0.05) is 11.8 Å². The SMILES string of the molecule is CCC1OC(C(O)C(C)C(C)(C)O)C(C)(O)C1C. The van der Waals surface area contributed by atoms with Gasteiger partial charge in [0.2, 0.25) is 0 Å². The van der Waals surface area contributed by atoms with Crippen LogP contribution in [0.1, 0.15) is 48.0 Å². The first kappa shape index (κ1) is 15.9. The standard InChI is InChI=1S/C14H28O4/c1-7-10-8(2)14(6,17)12(18-10)11(15)9(3)13(4,5)16/h8-12,15-17H,7H2,1-6H3. The van der Waals surface area contributed by atoms with Gasteiger partial charge in [0.1, 0.15) is 6.10 Å². The summed E-state index contributed by atoms with van der Waals surface area (Å²) < 4.78 is 5.81. The number of rotatable bonds is 4. The van der Waals surface area contributed by atoms with Crippen LogP contribution in [0.4, 0.5) is 0 Å². The number of aliphatic hydroxyl groups is 3. The lowest BCUT2D eigenvalue weighted by molar-refractivity contribution is -0.144. The molecular weight excluding hydrogens is 232 g/mol. The maximum atomic E-state index is 10.5. The summed E-state index contributed by atoms with van der Waals surface area (Å²) in [6.45, 7) is 10.7. The smallest absolute Gasteiger partial charge is 0.113 e. The predicted octanol–water partition coefficient (Wildman–Crippen LogP) is 1.32. The first-order chi connectivity index (χ1) is 8.03. The number of ether oxygens (including phenoxy) is 1. The zero-order chi connectivity index (χ0) is 14.3. The van der Waals surface area contributed by atoms with Crippen LogP contribution in [0, 0.1) is 11.8 Å². The van der Waals surface area contributed by atoms with Crippen LogP contribution in [0.2, 0.25) is 0 Å². The van der Waals surface area contributed by atoms with Crippen molar-refractivity contribution < 1.29 is 20.1 Å². The molecule has 108 valence electrons. The molecule has 1 heterocycles. The Balaban J connectivity index is 2.90. The van der Waals surface area contributed by atoms with E-state index in [1.54, 1.807) is 27.7 Å². The Morgan fingerprint density at radius 2 is 1.89 bits per heavy atom. The van der Waals surface area contributed by atoms with Gasteiger partial charge in [-0.15, -0.1) is 0 Å². The van der Waals surface area contributed by atoms with Gasteiger partial charge in [-0.05, 0) is 27.2 Å². The van der Waals surface area contributed by atoms with Gasteiger partial charge in [-0.3, -0.25) is 0 Å². The lowest BCUT2D eigenvalue weighted by Crippen LogP contribution is -2.52. The maximum absolute atomic E-state index is 10.5. The van der Waals surface area contributed by atoms with Crippen LogP contribution in [-0.2, 0) is 4.74 Å². The van der Waals surface area contributed by atoms with E-state index in [4.69, 9.17) is 4.74 Å². The van der Waals surface area contributed by atoms with E-state index in [1.807, 2.05) is 13.8 Å². The largest absolute Gasteiger partial charge is 0.390 e. The molecule has 0 aromatic carbocycles. The predicted molar refractivity (Wildman–Crippen MR) is 70.2 cm³/mol. The lowest BCUT2D eigenvalue weighted by atomic mass is 9.77. The molecule has 1 rings (SSSR count). The van der Waals surface area contributed by atoms with Gasteiger partial charge in [-0.2, -0.15) is 0 Å².